The van der Waals surface area contributed by atoms with Crippen LogP contribution in [0.1, 0.15) is 15.9 Å². The number of hydrogen-bond acceptors (Lipinski definition) is 6. The first-order valence-corrected chi connectivity index (χ1v) is 9.36. The highest BCUT2D eigenvalue weighted by molar-refractivity contribution is 6.04. The summed E-state index contributed by atoms with van der Waals surface area (Å²) in [4.78, 5) is 39.8. The maximum Gasteiger partial charge on any atom is 0.265 e. The molecule has 0 aromatic heterocycles. The first-order valence-electron chi connectivity index (χ1n) is 9.36. The Morgan fingerprint density at radius 3 is 2.60 bits per heavy atom. The fraction of sp³-hybridized carbons (Fsp3) is 0.286. The summed E-state index contributed by atoms with van der Waals surface area (Å²) in [5, 5.41) is 2.84. The van der Waals surface area contributed by atoms with E-state index < -0.39 is 0 Å². The second-order valence-corrected chi connectivity index (χ2v) is 7.11. The minimum Gasteiger partial charge on any atom is -0.482 e. The van der Waals surface area contributed by atoms with Gasteiger partial charge in [-0.15, -0.1) is 0 Å². The maximum absolute atomic E-state index is 12.7. The Morgan fingerprint density at radius 2 is 1.80 bits per heavy atom. The van der Waals surface area contributed by atoms with Crippen LogP contribution in [0, 0.1) is 0 Å². The van der Waals surface area contributed by atoms with Gasteiger partial charge in [-0.2, -0.15) is 0 Å². The average molecular weight is 411 g/mol. The third-order valence-corrected chi connectivity index (χ3v) is 4.85. The Balaban J connectivity index is 1.49. The second-order valence-electron chi connectivity index (χ2n) is 7.11. The highest BCUT2D eigenvalue weighted by atomic mass is 16.7. The minimum atomic E-state index is -0.337. The molecule has 0 fully saturated rings. The quantitative estimate of drug-likeness (QED) is 0.793. The van der Waals surface area contributed by atoms with E-state index >= 15 is 0 Å². The molecule has 9 heteroatoms. The molecule has 1 N–H and O–H groups in total. The number of nitrogens with one attached hydrogen (secondary N) is 1. The molecule has 0 aliphatic carbocycles. The Hall–Kier alpha value is -3.75. The van der Waals surface area contributed by atoms with Gasteiger partial charge in [0.25, 0.3) is 11.8 Å². The standard InChI is InChI=1S/C21H21N3O6/c1-23(2)19(25)10-24-15-8-14(4-6-16(15)28-11-20(24)26)21(27)22-9-13-3-5-17-18(7-13)30-12-29-17/h3-8H,9-12H2,1-2H3,(H,22,27). The molecule has 9 nitrogen and oxygen atoms in total. The van der Waals surface area contributed by atoms with Crippen molar-refractivity contribution in [3.05, 3.63) is 47.5 Å². The molecule has 0 unspecified atom stereocenters. The molecule has 3 amide bonds. The number of carbonyl (C=O) groups excluding carboxylic acids is 3. The summed E-state index contributed by atoms with van der Waals surface area (Å²) in [6, 6.07) is 10.3. The predicted molar refractivity (Wildman–Crippen MR) is 107 cm³/mol. The van der Waals surface area contributed by atoms with Crippen molar-refractivity contribution in [1.82, 2.24) is 10.2 Å². The lowest BCUT2D eigenvalue weighted by atomic mass is 10.1. The van der Waals surface area contributed by atoms with Gasteiger partial charge in [0.2, 0.25) is 12.7 Å². The summed E-state index contributed by atoms with van der Waals surface area (Å²) in [6.45, 7) is 0.215. The highest BCUT2D eigenvalue weighted by Gasteiger charge is 2.28. The van der Waals surface area contributed by atoms with Gasteiger partial charge in [0.05, 0.1) is 5.69 Å². The monoisotopic (exact) mass is 411 g/mol. The topological polar surface area (TPSA) is 97.4 Å². The number of nitrogens with zero attached hydrogens (tertiary/aromatic N) is 2. The molecular formula is C21H21N3O6. The van der Waals surface area contributed by atoms with Crippen molar-refractivity contribution in [3.63, 3.8) is 0 Å². The zero-order chi connectivity index (χ0) is 21.3. The zero-order valence-electron chi connectivity index (χ0n) is 16.6. The van der Waals surface area contributed by atoms with Crippen LogP contribution in [-0.4, -0.2) is 56.7 Å². The van der Waals surface area contributed by atoms with E-state index in [1.807, 2.05) is 12.1 Å². The predicted octanol–water partition coefficient (Wildman–Crippen LogP) is 1.16. The van der Waals surface area contributed by atoms with E-state index in [2.05, 4.69) is 5.32 Å². The van der Waals surface area contributed by atoms with Crippen LogP contribution in [0.3, 0.4) is 0 Å². The van der Waals surface area contributed by atoms with Crippen molar-refractivity contribution in [3.8, 4) is 17.2 Å². The molecule has 0 bridgehead atoms. The number of hydrogen-bond donors (Lipinski definition) is 1. The van der Waals surface area contributed by atoms with E-state index in [9.17, 15) is 14.4 Å². The van der Waals surface area contributed by atoms with Gasteiger partial charge < -0.3 is 24.4 Å². The summed E-state index contributed by atoms with van der Waals surface area (Å²) >= 11 is 0. The van der Waals surface area contributed by atoms with Crippen LogP contribution in [0.25, 0.3) is 0 Å². The highest BCUT2D eigenvalue weighted by Crippen LogP contribution is 2.34. The van der Waals surface area contributed by atoms with Gasteiger partial charge in [0, 0.05) is 26.2 Å². The van der Waals surface area contributed by atoms with Crippen molar-refractivity contribution in [2.75, 3.05) is 38.9 Å². The van der Waals surface area contributed by atoms with Gasteiger partial charge in [-0.1, -0.05) is 6.07 Å². The molecule has 0 saturated heterocycles. The van der Waals surface area contributed by atoms with Crippen molar-refractivity contribution in [2.45, 2.75) is 6.54 Å². The average Bonchev–Trinajstić information content (AvgIpc) is 3.21. The second kappa shape index (κ2) is 7.94. The third kappa shape index (κ3) is 3.86. The fourth-order valence-electron chi connectivity index (χ4n) is 3.13. The van der Waals surface area contributed by atoms with Gasteiger partial charge in [0.1, 0.15) is 12.3 Å². The van der Waals surface area contributed by atoms with E-state index in [1.165, 1.54) is 9.80 Å². The Labute approximate surface area is 173 Å². The van der Waals surface area contributed by atoms with Gasteiger partial charge in [-0.25, -0.2) is 0 Å². The Morgan fingerprint density at radius 1 is 1.03 bits per heavy atom. The van der Waals surface area contributed by atoms with E-state index in [0.717, 1.165) is 5.56 Å². The van der Waals surface area contributed by atoms with E-state index in [0.29, 0.717) is 35.0 Å². The molecule has 2 aromatic carbocycles. The van der Waals surface area contributed by atoms with Crippen LogP contribution in [0.2, 0.25) is 0 Å². The maximum atomic E-state index is 12.7. The number of likely N-dealkylation sites (N-methyl/N-ethyl adjacent to an activating group) is 1. The van der Waals surface area contributed by atoms with E-state index in [1.54, 1.807) is 38.4 Å². The summed E-state index contributed by atoms with van der Waals surface area (Å²) < 4.78 is 16.1. The number of fused-ring (bicyclic) bond motifs is 2. The Bertz CT molecular complexity index is 1020. The van der Waals surface area contributed by atoms with Crippen molar-refractivity contribution >= 4 is 23.4 Å². The number of rotatable bonds is 5. The molecule has 0 radical (unpaired) electrons. The molecule has 30 heavy (non-hydrogen) atoms. The number of ether oxygens (including phenoxy) is 3. The molecule has 2 aliphatic heterocycles. The largest absolute Gasteiger partial charge is 0.482 e. The molecule has 2 heterocycles. The van der Waals surface area contributed by atoms with Gasteiger partial charge in [-0.3, -0.25) is 19.3 Å². The first kappa shape index (κ1) is 19.6. The molecule has 2 aromatic rings. The summed E-state index contributed by atoms with van der Waals surface area (Å²) in [5.74, 6) is 0.898. The van der Waals surface area contributed by atoms with Crippen molar-refractivity contribution in [2.24, 2.45) is 0 Å². The molecule has 2 aliphatic rings. The molecular weight excluding hydrogens is 390 g/mol. The van der Waals surface area contributed by atoms with Crippen molar-refractivity contribution in [1.29, 1.82) is 0 Å². The fourth-order valence-corrected chi connectivity index (χ4v) is 3.13. The van der Waals surface area contributed by atoms with Gasteiger partial charge >= 0.3 is 0 Å². The molecule has 0 spiro atoms. The lowest BCUT2D eigenvalue weighted by Crippen LogP contribution is -2.45. The molecule has 156 valence electrons. The third-order valence-electron chi connectivity index (χ3n) is 4.85. The SMILES string of the molecule is CN(C)C(=O)CN1C(=O)COc2ccc(C(=O)NCc3ccc4c(c3)OCO4)cc21. The van der Waals surface area contributed by atoms with E-state index in [-0.39, 0.29) is 37.7 Å². The summed E-state index contributed by atoms with van der Waals surface area (Å²) in [6.07, 6.45) is 0. The summed E-state index contributed by atoms with van der Waals surface area (Å²) in [5.41, 5.74) is 1.62. The van der Waals surface area contributed by atoms with Crippen LogP contribution >= 0.6 is 0 Å². The van der Waals surface area contributed by atoms with Gasteiger partial charge in [0.15, 0.2) is 18.1 Å². The normalized spacial score (nSPS) is 14.1. The number of carbonyl (C=O) groups is 3. The smallest absolute Gasteiger partial charge is 0.265 e. The summed E-state index contributed by atoms with van der Waals surface area (Å²) in [7, 11) is 3.24. The zero-order valence-corrected chi connectivity index (χ0v) is 16.6. The molecule has 0 atom stereocenters. The lowest BCUT2D eigenvalue weighted by Gasteiger charge is -2.30. The minimum absolute atomic E-state index is 0.121. The first-order chi connectivity index (χ1) is 14.4. The van der Waals surface area contributed by atoms with Crippen LogP contribution < -0.4 is 24.4 Å². The van der Waals surface area contributed by atoms with Crippen LogP contribution in [-0.2, 0) is 16.1 Å². The number of benzene rings is 2. The van der Waals surface area contributed by atoms with Crippen LogP contribution in [0.15, 0.2) is 36.4 Å². The molecule has 0 saturated carbocycles. The van der Waals surface area contributed by atoms with Crippen molar-refractivity contribution < 1.29 is 28.6 Å². The molecule has 4 rings (SSSR count). The Kier molecular flexibility index (Phi) is 5.18. The van der Waals surface area contributed by atoms with Gasteiger partial charge in [-0.05, 0) is 35.9 Å². The lowest BCUT2D eigenvalue weighted by molar-refractivity contribution is -0.130. The van der Waals surface area contributed by atoms with Crippen LogP contribution in [0.4, 0.5) is 5.69 Å². The number of anilines is 1. The number of amides is 3. The van der Waals surface area contributed by atoms with Crippen LogP contribution in [0.5, 0.6) is 17.2 Å². The van der Waals surface area contributed by atoms with E-state index in [4.69, 9.17) is 14.2 Å².